The average Bonchev–Trinajstić information content (AvgIpc) is 3.31. The Hall–Kier alpha value is -2.47. The number of benzene rings is 2. The summed E-state index contributed by atoms with van der Waals surface area (Å²) in [5.41, 5.74) is 10.6. The highest BCUT2D eigenvalue weighted by molar-refractivity contribution is 6.35. The van der Waals surface area contributed by atoms with Gasteiger partial charge < -0.3 is 10.6 Å². The van der Waals surface area contributed by atoms with Gasteiger partial charge in [-0.1, -0.05) is 89.5 Å². The van der Waals surface area contributed by atoms with Crippen LogP contribution in [0.5, 0.6) is 0 Å². The van der Waals surface area contributed by atoms with Gasteiger partial charge in [-0.3, -0.25) is 4.79 Å². The summed E-state index contributed by atoms with van der Waals surface area (Å²) in [5.74, 6) is -0.117. The highest BCUT2D eigenvalue weighted by atomic mass is 35.5. The molecule has 0 bridgehead atoms. The fourth-order valence-corrected chi connectivity index (χ4v) is 3.73. The Kier molecular flexibility index (Phi) is 15.8. The standard InChI is InChI=1S/C21H20Cl2N4O.3C2H6/c1-3-20(26-25-2)14-4-5-15-11-27(12-16(15)8-14)21(28)19(24)9-13-6-7-17(22)10-18(13)23;3*1-2/h3-8,10,19H,1-2,9,11-12,24H2;3*1-2H3/b26-20+;;;. The molecule has 34 heavy (non-hydrogen) atoms. The van der Waals surface area contributed by atoms with Crippen LogP contribution < -0.4 is 5.73 Å². The van der Waals surface area contributed by atoms with Crippen molar-refractivity contribution in [1.82, 2.24) is 4.90 Å². The molecular weight excluding hydrogens is 467 g/mol. The number of allylic oxidation sites excluding steroid dienone is 1. The van der Waals surface area contributed by atoms with Crippen molar-refractivity contribution in [2.45, 2.75) is 67.1 Å². The molecule has 3 rings (SSSR count). The molecule has 7 heteroatoms. The van der Waals surface area contributed by atoms with Crippen LogP contribution in [0.15, 0.2) is 59.3 Å². The predicted octanol–water partition coefficient (Wildman–Crippen LogP) is 7.07. The molecule has 0 radical (unpaired) electrons. The van der Waals surface area contributed by atoms with Crippen LogP contribution in [0.25, 0.3) is 0 Å². The van der Waals surface area contributed by atoms with Crippen LogP contribution in [0.1, 0.15) is 63.8 Å². The zero-order valence-electron chi connectivity index (χ0n) is 21.2. The first-order valence-corrected chi connectivity index (χ1v) is 12.4. The van der Waals surface area contributed by atoms with E-state index in [1.807, 2.05) is 59.7 Å². The molecule has 2 N–H and O–H groups in total. The number of hydrogen-bond donors (Lipinski definition) is 1. The highest BCUT2D eigenvalue weighted by Gasteiger charge is 2.28. The summed E-state index contributed by atoms with van der Waals surface area (Å²) in [7, 11) is 0. The SMILES string of the molecule is C=C/C(=N\N=C)c1ccc2c(c1)CN(C(=O)C(N)Cc1ccc(Cl)cc1Cl)C2.CC.CC.CC. The molecule has 1 heterocycles. The van der Waals surface area contributed by atoms with E-state index in [2.05, 4.69) is 23.5 Å². The molecule has 0 aromatic heterocycles. The number of carbonyl (C=O) groups excluding carboxylic acids is 1. The molecule has 5 nitrogen and oxygen atoms in total. The Bertz CT molecular complexity index is 973. The third-order valence-corrected chi connectivity index (χ3v) is 5.27. The third kappa shape index (κ3) is 8.71. The van der Waals surface area contributed by atoms with Gasteiger partial charge in [0, 0.05) is 35.4 Å². The van der Waals surface area contributed by atoms with Gasteiger partial charge >= 0.3 is 0 Å². The summed E-state index contributed by atoms with van der Waals surface area (Å²) in [5, 5.41) is 8.59. The fourth-order valence-electron chi connectivity index (χ4n) is 3.25. The second-order valence-corrected chi connectivity index (χ2v) is 7.40. The van der Waals surface area contributed by atoms with E-state index in [4.69, 9.17) is 28.9 Å². The number of carbonyl (C=O) groups is 1. The lowest BCUT2D eigenvalue weighted by Gasteiger charge is -2.20. The summed E-state index contributed by atoms with van der Waals surface area (Å²) in [4.78, 5) is 14.6. The smallest absolute Gasteiger partial charge is 0.240 e. The zero-order valence-corrected chi connectivity index (χ0v) is 22.7. The number of nitrogens with zero attached hydrogens (tertiary/aromatic N) is 3. The van der Waals surface area contributed by atoms with E-state index in [9.17, 15) is 4.79 Å². The van der Waals surface area contributed by atoms with Gasteiger partial charge in [-0.2, -0.15) is 10.2 Å². The number of nitrogens with two attached hydrogens (primary N) is 1. The van der Waals surface area contributed by atoms with Crippen LogP contribution in [0.4, 0.5) is 0 Å². The summed E-state index contributed by atoms with van der Waals surface area (Å²) in [6.07, 6.45) is 1.98. The van der Waals surface area contributed by atoms with Crippen molar-refractivity contribution < 1.29 is 4.79 Å². The Morgan fingerprint density at radius 3 is 2.24 bits per heavy atom. The summed E-state index contributed by atoms with van der Waals surface area (Å²) >= 11 is 12.1. The van der Waals surface area contributed by atoms with Crippen LogP contribution in [0.2, 0.25) is 10.0 Å². The summed E-state index contributed by atoms with van der Waals surface area (Å²) < 4.78 is 0. The molecule has 1 aliphatic rings. The molecule has 1 atom stereocenters. The number of fused-ring (bicyclic) bond motifs is 1. The number of hydrogen-bond acceptors (Lipinski definition) is 4. The second kappa shape index (κ2) is 17.0. The van der Waals surface area contributed by atoms with Gasteiger partial charge in [-0.15, -0.1) is 0 Å². The van der Waals surface area contributed by atoms with Gasteiger partial charge in [0.25, 0.3) is 0 Å². The van der Waals surface area contributed by atoms with Crippen LogP contribution in [0, 0.1) is 0 Å². The molecule has 0 aliphatic carbocycles. The Morgan fingerprint density at radius 1 is 1.06 bits per heavy atom. The molecule has 2 aromatic rings. The molecular formula is C27H38Cl2N4O. The maximum atomic E-state index is 12.8. The Labute approximate surface area is 215 Å². The Morgan fingerprint density at radius 2 is 1.68 bits per heavy atom. The second-order valence-electron chi connectivity index (χ2n) is 6.55. The van der Waals surface area contributed by atoms with E-state index in [1.54, 1.807) is 29.2 Å². The molecule has 1 amide bonds. The quantitative estimate of drug-likeness (QED) is 0.337. The van der Waals surface area contributed by atoms with Crippen molar-refractivity contribution in [2.24, 2.45) is 15.9 Å². The molecule has 1 aliphatic heterocycles. The Balaban J connectivity index is 0.00000168. The van der Waals surface area contributed by atoms with Crippen LogP contribution in [-0.4, -0.2) is 29.3 Å². The van der Waals surface area contributed by atoms with E-state index >= 15 is 0 Å². The van der Waals surface area contributed by atoms with E-state index in [0.717, 1.165) is 22.3 Å². The topological polar surface area (TPSA) is 71.0 Å². The zero-order chi connectivity index (χ0) is 26.3. The van der Waals surface area contributed by atoms with Crippen LogP contribution >= 0.6 is 23.2 Å². The lowest BCUT2D eigenvalue weighted by molar-refractivity contribution is -0.133. The fraction of sp³-hybridized carbons (Fsp3) is 0.370. The van der Waals surface area contributed by atoms with E-state index < -0.39 is 6.04 Å². The first-order valence-electron chi connectivity index (χ1n) is 11.7. The van der Waals surface area contributed by atoms with Gasteiger partial charge in [0.2, 0.25) is 5.91 Å². The minimum atomic E-state index is -0.678. The number of halogens is 2. The van der Waals surface area contributed by atoms with Crippen LogP contribution in [-0.2, 0) is 24.3 Å². The van der Waals surface area contributed by atoms with Gasteiger partial charge in [0.15, 0.2) is 0 Å². The summed E-state index contributed by atoms with van der Waals surface area (Å²) in [6.45, 7) is 20.1. The monoisotopic (exact) mass is 504 g/mol. The lowest BCUT2D eigenvalue weighted by Crippen LogP contribution is -2.42. The first-order chi connectivity index (χ1) is 16.4. The van der Waals surface area contributed by atoms with Crippen molar-refractivity contribution in [2.75, 3.05) is 0 Å². The van der Waals surface area contributed by atoms with Gasteiger partial charge in [-0.25, -0.2) is 0 Å². The largest absolute Gasteiger partial charge is 0.333 e. The number of amides is 1. The molecule has 2 aromatic carbocycles. The molecule has 0 fully saturated rings. The molecule has 186 valence electrons. The molecule has 1 unspecified atom stereocenters. The normalized spacial score (nSPS) is 12.5. The van der Waals surface area contributed by atoms with Crippen molar-refractivity contribution in [3.63, 3.8) is 0 Å². The minimum Gasteiger partial charge on any atom is -0.333 e. The van der Waals surface area contributed by atoms with Crippen molar-refractivity contribution in [3.05, 3.63) is 81.4 Å². The first kappa shape index (κ1) is 31.5. The number of rotatable bonds is 6. The van der Waals surface area contributed by atoms with E-state index in [1.165, 1.54) is 0 Å². The predicted molar refractivity (Wildman–Crippen MR) is 149 cm³/mol. The van der Waals surface area contributed by atoms with Crippen molar-refractivity contribution >= 4 is 41.5 Å². The van der Waals surface area contributed by atoms with Crippen molar-refractivity contribution in [1.29, 1.82) is 0 Å². The highest BCUT2D eigenvalue weighted by Crippen LogP contribution is 2.26. The lowest BCUT2D eigenvalue weighted by atomic mass is 10.0. The maximum absolute atomic E-state index is 12.8. The van der Waals surface area contributed by atoms with Gasteiger partial charge in [-0.05, 0) is 47.4 Å². The van der Waals surface area contributed by atoms with Crippen LogP contribution in [0.3, 0.4) is 0 Å². The minimum absolute atomic E-state index is 0.117. The third-order valence-electron chi connectivity index (χ3n) is 4.68. The average molecular weight is 506 g/mol. The molecule has 0 spiro atoms. The molecule has 0 saturated carbocycles. The van der Waals surface area contributed by atoms with E-state index in [0.29, 0.717) is 35.3 Å². The molecule has 0 saturated heterocycles. The van der Waals surface area contributed by atoms with Gasteiger partial charge in [0.1, 0.15) is 0 Å². The van der Waals surface area contributed by atoms with Gasteiger partial charge in [0.05, 0.1) is 11.8 Å². The van der Waals surface area contributed by atoms with E-state index in [-0.39, 0.29) is 5.91 Å². The maximum Gasteiger partial charge on any atom is 0.240 e. The van der Waals surface area contributed by atoms with Crippen molar-refractivity contribution in [3.8, 4) is 0 Å². The summed E-state index contributed by atoms with van der Waals surface area (Å²) in [6, 6.07) is 10.4.